The highest BCUT2D eigenvalue weighted by Gasteiger charge is 2.32. The summed E-state index contributed by atoms with van der Waals surface area (Å²) in [6.45, 7) is 4.09. The number of ether oxygens (including phenoxy) is 2. The second kappa shape index (κ2) is 4.53. The van der Waals surface area contributed by atoms with E-state index in [0.29, 0.717) is 17.3 Å². The van der Waals surface area contributed by atoms with Crippen molar-refractivity contribution in [3.63, 3.8) is 0 Å². The molecule has 100 valence electrons. The largest absolute Gasteiger partial charge is 0.483 e. The first-order valence-electron chi connectivity index (χ1n) is 6.43. The SMILES string of the molecule is CC1(C)Cc2cccc(Oc3cccc(C#N)n3)c2O1. The van der Waals surface area contributed by atoms with Crippen LogP contribution in [0.2, 0.25) is 0 Å². The van der Waals surface area contributed by atoms with E-state index in [1.807, 2.05) is 38.1 Å². The van der Waals surface area contributed by atoms with Gasteiger partial charge >= 0.3 is 0 Å². The van der Waals surface area contributed by atoms with Crippen molar-refractivity contribution < 1.29 is 9.47 Å². The molecule has 4 heteroatoms. The first-order valence-corrected chi connectivity index (χ1v) is 6.43. The number of hydrogen-bond donors (Lipinski definition) is 0. The number of pyridine rings is 1. The molecule has 0 saturated heterocycles. The van der Waals surface area contributed by atoms with E-state index in [1.54, 1.807) is 18.2 Å². The van der Waals surface area contributed by atoms with E-state index >= 15 is 0 Å². The lowest BCUT2D eigenvalue weighted by molar-refractivity contribution is 0.135. The lowest BCUT2D eigenvalue weighted by atomic mass is 10.0. The Morgan fingerprint density at radius 3 is 2.85 bits per heavy atom. The number of rotatable bonds is 2. The monoisotopic (exact) mass is 266 g/mol. The minimum atomic E-state index is -0.219. The maximum absolute atomic E-state index is 8.86. The Bertz CT molecular complexity index is 702. The molecule has 1 aliphatic heterocycles. The summed E-state index contributed by atoms with van der Waals surface area (Å²) >= 11 is 0. The van der Waals surface area contributed by atoms with Gasteiger partial charge in [-0.25, -0.2) is 4.98 Å². The van der Waals surface area contributed by atoms with Gasteiger partial charge in [-0.05, 0) is 26.0 Å². The second-order valence-corrected chi connectivity index (χ2v) is 5.36. The number of nitrogens with zero attached hydrogens (tertiary/aromatic N) is 2. The number of fused-ring (bicyclic) bond motifs is 1. The van der Waals surface area contributed by atoms with Gasteiger partial charge in [-0.1, -0.05) is 18.2 Å². The Morgan fingerprint density at radius 1 is 1.25 bits per heavy atom. The van der Waals surface area contributed by atoms with E-state index in [0.717, 1.165) is 17.7 Å². The van der Waals surface area contributed by atoms with Gasteiger partial charge in [0.1, 0.15) is 17.4 Å². The molecule has 4 nitrogen and oxygen atoms in total. The lowest BCUT2D eigenvalue weighted by Crippen LogP contribution is -2.24. The van der Waals surface area contributed by atoms with Crippen LogP contribution in [-0.4, -0.2) is 10.6 Å². The van der Waals surface area contributed by atoms with E-state index < -0.39 is 0 Å². The molecular formula is C16H14N2O2. The van der Waals surface area contributed by atoms with Crippen LogP contribution in [0.1, 0.15) is 25.1 Å². The summed E-state index contributed by atoms with van der Waals surface area (Å²) in [5, 5.41) is 8.86. The molecular weight excluding hydrogens is 252 g/mol. The second-order valence-electron chi connectivity index (χ2n) is 5.36. The average Bonchev–Trinajstić information content (AvgIpc) is 2.74. The summed E-state index contributed by atoms with van der Waals surface area (Å²) in [5.74, 6) is 1.79. The molecule has 0 unspecified atom stereocenters. The van der Waals surface area contributed by atoms with E-state index in [-0.39, 0.29) is 5.60 Å². The third kappa shape index (κ3) is 2.30. The van der Waals surface area contributed by atoms with Crippen LogP contribution in [0.4, 0.5) is 0 Å². The predicted octanol–water partition coefficient (Wildman–Crippen LogP) is 3.46. The minimum absolute atomic E-state index is 0.219. The normalized spacial score (nSPS) is 15.1. The molecule has 3 rings (SSSR count). The number of aromatic nitrogens is 1. The maximum Gasteiger partial charge on any atom is 0.220 e. The van der Waals surface area contributed by atoms with Gasteiger partial charge in [0.25, 0.3) is 0 Å². The third-order valence-electron chi connectivity index (χ3n) is 3.11. The Labute approximate surface area is 117 Å². The minimum Gasteiger partial charge on any atom is -0.483 e. The molecule has 0 atom stereocenters. The van der Waals surface area contributed by atoms with Crippen molar-refractivity contribution in [3.05, 3.63) is 47.7 Å². The molecule has 0 aliphatic carbocycles. The lowest BCUT2D eigenvalue weighted by Gasteiger charge is -2.18. The highest BCUT2D eigenvalue weighted by Crippen LogP contribution is 2.42. The van der Waals surface area contributed by atoms with Gasteiger partial charge in [0.05, 0.1) is 0 Å². The Morgan fingerprint density at radius 2 is 2.05 bits per heavy atom. The fourth-order valence-electron chi connectivity index (χ4n) is 2.31. The van der Waals surface area contributed by atoms with Crippen LogP contribution in [-0.2, 0) is 6.42 Å². The van der Waals surface area contributed by atoms with Crippen molar-refractivity contribution in [2.45, 2.75) is 25.9 Å². The number of nitriles is 1. The molecule has 2 heterocycles. The van der Waals surface area contributed by atoms with Gasteiger partial charge in [0.15, 0.2) is 11.5 Å². The van der Waals surface area contributed by atoms with Gasteiger partial charge in [0, 0.05) is 18.1 Å². The summed E-state index contributed by atoms with van der Waals surface area (Å²) in [7, 11) is 0. The first-order chi connectivity index (χ1) is 9.57. The molecule has 0 fully saturated rings. The Hall–Kier alpha value is -2.54. The molecule has 0 N–H and O–H groups in total. The van der Waals surface area contributed by atoms with E-state index in [1.165, 1.54) is 0 Å². The van der Waals surface area contributed by atoms with Crippen LogP contribution in [0.5, 0.6) is 17.4 Å². The van der Waals surface area contributed by atoms with Crippen molar-refractivity contribution in [3.8, 4) is 23.4 Å². The zero-order valence-electron chi connectivity index (χ0n) is 11.4. The van der Waals surface area contributed by atoms with Gasteiger partial charge in [-0.3, -0.25) is 0 Å². The van der Waals surface area contributed by atoms with E-state index in [4.69, 9.17) is 14.7 Å². The van der Waals surface area contributed by atoms with Crippen molar-refractivity contribution in [1.82, 2.24) is 4.98 Å². The van der Waals surface area contributed by atoms with Crippen molar-refractivity contribution >= 4 is 0 Å². The van der Waals surface area contributed by atoms with Crippen molar-refractivity contribution in [2.24, 2.45) is 0 Å². The smallest absolute Gasteiger partial charge is 0.220 e. The fraction of sp³-hybridized carbons (Fsp3) is 0.250. The van der Waals surface area contributed by atoms with Gasteiger partial charge in [0.2, 0.25) is 5.88 Å². The van der Waals surface area contributed by atoms with Crippen LogP contribution in [0.3, 0.4) is 0 Å². The molecule has 1 aromatic heterocycles. The Balaban J connectivity index is 1.94. The molecule has 0 saturated carbocycles. The number of hydrogen-bond acceptors (Lipinski definition) is 4. The van der Waals surface area contributed by atoms with Crippen LogP contribution in [0, 0.1) is 11.3 Å². The summed E-state index contributed by atoms with van der Waals surface area (Å²) in [4.78, 5) is 4.11. The van der Waals surface area contributed by atoms with E-state index in [2.05, 4.69) is 4.98 Å². The third-order valence-corrected chi connectivity index (χ3v) is 3.11. The van der Waals surface area contributed by atoms with Crippen LogP contribution >= 0.6 is 0 Å². The topological polar surface area (TPSA) is 55.1 Å². The van der Waals surface area contributed by atoms with Gasteiger partial charge in [-0.15, -0.1) is 0 Å². The standard InChI is InChI=1S/C16H14N2O2/c1-16(2)9-11-5-3-7-13(15(11)20-16)19-14-8-4-6-12(10-17)18-14/h3-8H,9H2,1-2H3. The molecule has 1 aliphatic rings. The molecule has 0 radical (unpaired) electrons. The number of para-hydroxylation sites is 1. The van der Waals surface area contributed by atoms with Crippen LogP contribution < -0.4 is 9.47 Å². The molecule has 0 spiro atoms. The number of benzene rings is 1. The highest BCUT2D eigenvalue weighted by molar-refractivity contribution is 5.51. The maximum atomic E-state index is 8.86. The van der Waals surface area contributed by atoms with Gasteiger partial charge in [-0.2, -0.15) is 5.26 Å². The molecule has 2 aromatic rings. The van der Waals surface area contributed by atoms with E-state index in [9.17, 15) is 0 Å². The first kappa shape index (κ1) is 12.5. The fourth-order valence-corrected chi connectivity index (χ4v) is 2.31. The summed E-state index contributed by atoms with van der Waals surface area (Å²) in [5.41, 5.74) is 1.24. The van der Waals surface area contributed by atoms with Crippen molar-refractivity contribution in [2.75, 3.05) is 0 Å². The van der Waals surface area contributed by atoms with Crippen LogP contribution in [0.25, 0.3) is 0 Å². The zero-order valence-corrected chi connectivity index (χ0v) is 11.4. The molecule has 0 bridgehead atoms. The van der Waals surface area contributed by atoms with Gasteiger partial charge < -0.3 is 9.47 Å². The summed E-state index contributed by atoms with van der Waals surface area (Å²) < 4.78 is 11.7. The zero-order chi connectivity index (χ0) is 14.2. The highest BCUT2D eigenvalue weighted by atomic mass is 16.5. The summed E-state index contributed by atoms with van der Waals surface area (Å²) in [6.07, 6.45) is 0.852. The molecule has 1 aromatic carbocycles. The summed E-state index contributed by atoms with van der Waals surface area (Å²) in [6, 6.07) is 12.9. The molecule has 20 heavy (non-hydrogen) atoms. The average molecular weight is 266 g/mol. The quantitative estimate of drug-likeness (QED) is 0.835. The molecule has 0 amide bonds. The van der Waals surface area contributed by atoms with Crippen molar-refractivity contribution in [1.29, 1.82) is 5.26 Å². The van der Waals surface area contributed by atoms with Crippen LogP contribution in [0.15, 0.2) is 36.4 Å². The Kier molecular flexibility index (Phi) is 2.83. The predicted molar refractivity (Wildman–Crippen MR) is 73.9 cm³/mol.